The van der Waals surface area contributed by atoms with E-state index >= 15 is 0 Å². The largest absolute Gasteiger partial charge is 0.351 e. The van der Waals surface area contributed by atoms with E-state index in [9.17, 15) is 14.4 Å². The van der Waals surface area contributed by atoms with Gasteiger partial charge in [0, 0.05) is 12.7 Å². The number of carbonyl (C=O) groups is 1. The van der Waals surface area contributed by atoms with Crippen molar-refractivity contribution in [2.75, 3.05) is 5.32 Å². The molecule has 0 spiro atoms. The van der Waals surface area contributed by atoms with Crippen LogP contribution in [0.1, 0.15) is 41.4 Å². The molecule has 144 valence electrons. The fraction of sp³-hybridized carbons (Fsp3) is 0.238. The zero-order chi connectivity index (χ0) is 20.4. The third-order valence-corrected chi connectivity index (χ3v) is 4.50. The Morgan fingerprint density at radius 2 is 1.61 bits per heavy atom. The molecule has 0 radical (unpaired) electrons. The molecular formula is C21H22N4O3. The molecule has 1 N–H and O–H groups in total. The standard InChI is InChI=1S/C21H22N4O3/c1-13(2)15-7-9-16(10-8-15)22-19(26)18-20(27)24(4)21(28)25(23-18)17-11-5-14(3)6-12-17/h5-13H,1-4H3,(H,22,26). The molecular weight excluding hydrogens is 356 g/mol. The van der Waals surface area contributed by atoms with Crippen molar-refractivity contribution in [2.45, 2.75) is 26.7 Å². The van der Waals surface area contributed by atoms with Crippen LogP contribution >= 0.6 is 0 Å². The molecule has 1 heterocycles. The van der Waals surface area contributed by atoms with E-state index in [0.29, 0.717) is 17.3 Å². The van der Waals surface area contributed by atoms with Gasteiger partial charge in [0.1, 0.15) is 0 Å². The molecule has 0 aliphatic heterocycles. The van der Waals surface area contributed by atoms with Crippen molar-refractivity contribution in [3.63, 3.8) is 0 Å². The number of anilines is 1. The predicted molar refractivity (Wildman–Crippen MR) is 108 cm³/mol. The molecule has 7 heteroatoms. The maximum absolute atomic E-state index is 12.7. The van der Waals surface area contributed by atoms with E-state index in [-0.39, 0.29) is 5.69 Å². The highest BCUT2D eigenvalue weighted by atomic mass is 16.2. The van der Waals surface area contributed by atoms with E-state index < -0.39 is 17.2 Å². The third kappa shape index (κ3) is 3.78. The van der Waals surface area contributed by atoms with Crippen molar-refractivity contribution in [1.29, 1.82) is 0 Å². The summed E-state index contributed by atoms with van der Waals surface area (Å²) in [5, 5.41) is 6.70. The summed E-state index contributed by atoms with van der Waals surface area (Å²) in [5.41, 5.74) is 1.46. The van der Waals surface area contributed by atoms with E-state index in [1.54, 1.807) is 24.3 Å². The quantitative estimate of drug-likeness (QED) is 0.756. The Morgan fingerprint density at radius 1 is 1.00 bits per heavy atom. The molecule has 2 aromatic carbocycles. The Balaban J connectivity index is 1.99. The van der Waals surface area contributed by atoms with Gasteiger partial charge in [0.05, 0.1) is 5.69 Å². The molecule has 3 rings (SSSR count). The van der Waals surface area contributed by atoms with Gasteiger partial charge in [0.25, 0.3) is 11.5 Å². The van der Waals surface area contributed by atoms with Crippen molar-refractivity contribution < 1.29 is 4.79 Å². The van der Waals surface area contributed by atoms with Gasteiger partial charge in [-0.15, -0.1) is 0 Å². The molecule has 0 saturated heterocycles. The molecule has 1 aromatic heterocycles. The van der Waals surface area contributed by atoms with Gasteiger partial charge in [-0.3, -0.25) is 14.2 Å². The first-order valence-electron chi connectivity index (χ1n) is 8.96. The van der Waals surface area contributed by atoms with E-state index in [0.717, 1.165) is 20.4 Å². The second kappa shape index (κ2) is 7.64. The maximum atomic E-state index is 12.7. The minimum atomic E-state index is -0.746. The number of hydrogen-bond donors (Lipinski definition) is 1. The minimum Gasteiger partial charge on any atom is -0.320 e. The molecule has 0 aliphatic rings. The Bertz CT molecular complexity index is 1120. The lowest BCUT2D eigenvalue weighted by Crippen LogP contribution is -2.43. The van der Waals surface area contributed by atoms with Crippen LogP contribution in [0.2, 0.25) is 0 Å². The number of carbonyl (C=O) groups excluding carboxylic acids is 1. The maximum Gasteiger partial charge on any atom is 0.351 e. The summed E-state index contributed by atoms with van der Waals surface area (Å²) >= 11 is 0. The van der Waals surface area contributed by atoms with Crippen molar-refractivity contribution in [3.05, 3.63) is 86.2 Å². The average molecular weight is 378 g/mol. The van der Waals surface area contributed by atoms with Gasteiger partial charge in [-0.25, -0.2) is 4.79 Å². The zero-order valence-corrected chi connectivity index (χ0v) is 16.3. The summed E-state index contributed by atoms with van der Waals surface area (Å²) in [5.74, 6) is -0.296. The van der Waals surface area contributed by atoms with Gasteiger partial charge < -0.3 is 5.32 Å². The van der Waals surface area contributed by atoms with Crippen molar-refractivity contribution in [2.24, 2.45) is 7.05 Å². The summed E-state index contributed by atoms with van der Waals surface area (Å²) in [6, 6.07) is 14.4. The van der Waals surface area contributed by atoms with Gasteiger partial charge >= 0.3 is 5.69 Å². The number of benzene rings is 2. The minimum absolute atomic E-state index is 0.351. The van der Waals surface area contributed by atoms with Crippen LogP contribution < -0.4 is 16.6 Å². The summed E-state index contributed by atoms with van der Waals surface area (Å²) in [4.78, 5) is 37.5. The van der Waals surface area contributed by atoms with Crippen molar-refractivity contribution >= 4 is 11.6 Å². The number of nitrogens with one attached hydrogen (secondary N) is 1. The van der Waals surface area contributed by atoms with Crippen LogP contribution in [0.25, 0.3) is 5.69 Å². The number of amides is 1. The van der Waals surface area contributed by atoms with Crippen LogP contribution in [0.5, 0.6) is 0 Å². The van der Waals surface area contributed by atoms with E-state index in [2.05, 4.69) is 24.3 Å². The Morgan fingerprint density at radius 3 is 2.18 bits per heavy atom. The lowest BCUT2D eigenvalue weighted by molar-refractivity contribution is 0.101. The normalized spacial score (nSPS) is 10.9. The molecule has 0 fully saturated rings. The van der Waals surface area contributed by atoms with Crippen LogP contribution in [0.15, 0.2) is 58.1 Å². The fourth-order valence-electron chi connectivity index (χ4n) is 2.71. The first-order valence-corrected chi connectivity index (χ1v) is 8.96. The van der Waals surface area contributed by atoms with Crippen LogP contribution in [0.3, 0.4) is 0 Å². The van der Waals surface area contributed by atoms with Gasteiger partial charge in [-0.2, -0.15) is 9.78 Å². The van der Waals surface area contributed by atoms with Crippen LogP contribution in [0, 0.1) is 6.92 Å². The zero-order valence-electron chi connectivity index (χ0n) is 16.3. The number of rotatable bonds is 4. The molecule has 0 unspecified atom stereocenters. The summed E-state index contributed by atoms with van der Waals surface area (Å²) in [6.07, 6.45) is 0. The van der Waals surface area contributed by atoms with Crippen LogP contribution in [0.4, 0.5) is 5.69 Å². The van der Waals surface area contributed by atoms with Gasteiger partial charge in [0.2, 0.25) is 5.69 Å². The SMILES string of the molecule is Cc1ccc(-n2nc(C(=O)Nc3ccc(C(C)C)cc3)c(=O)n(C)c2=O)cc1. The second-order valence-corrected chi connectivity index (χ2v) is 6.97. The molecule has 0 aliphatic carbocycles. The smallest absolute Gasteiger partial charge is 0.320 e. The predicted octanol–water partition coefficient (Wildman–Crippen LogP) is 2.62. The molecule has 3 aromatic rings. The third-order valence-electron chi connectivity index (χ3n) is 4.50. The molecule has 0 saturated carbocycles. The molecule has 28 heavy (non-hydrogen) atoms. The lowest BCUT2D eigenvalue weighted by atomic mass is 10.0. The number of hydrogen-bond acceptors (Lipinski definition) is 4. The monoisotopic (exact) mass is 378 g/mol. The summed E-state index contributed by atoms with van der Waals surface area (Å²) in [6.45, 7) is 6.08. The van der Waals surface area contributed by atoms with E-state index in [1.807, 2.05) is 31.2 Å². The first kappa shape index (κ1) is 19.3. The number of aromatic nitrogens is 3. The molecule has 1 amide bonds. The number of aryl methyl sites for hydroxylation is 1. The fourth-order valence-corrected chi connectivity index (χ4v) is 2.71. The van der Waals surface area contributed by atoms with Crippen molar-refractivity contribution in [1.82, 2.24) is 14.3 Å². The molecule has 0 bridgehead atoms. The van der Waals surface area contributed by atoms with Crippen LogP contribution in [-0.4, -0.2) is 20.3 Å². The van der Waals surface area contributed by atoms with Gasteiger partial charge in [0.15, 0.2) is 0 Å². The molecule has 7 nitrogen and oxygen atoms in total. The van der Waals surface area contributed by atoms with Gasteiger partial charge in [-0.05, 0) is 42.7 Å². The van der Waals surface area contributed by atoms with Gasteiger partial charge in [-0.1, -0.05) is 43.7 Å². The topological polar surface area (TPSA) is 86.0 Å². The van der Waals surface area contributed by atoms with E-state index in [1.165, 1.54) is 7.05 Å². The van der Waals surface area contributed by atoms with E-state index in [4.69, 9.17) is 0 Å². The highest BCUT2D eigenvalue weighted by Gasteiger charge is 2.19. The Labute approximate surface area is 162 Å². The number of nitrogens with zero attached hydrogens (tertiary/aromatic N) is 3. The molecule has 0 atom stereocenters. The average Bonchev–Trinajstić information content (AvgIpc) is 2.67. The first-order chi connectivity index (χ1) is 13.3. The Hall–Kier alpha value is -3.48. The van der Waals surface area contributed by atoms with Crippen molar-refractivity contribution in [3.8, 4) is 5.69 Å². The second-order valence-electron chi connectivity index (χ2n) is 6.97. The summed E-state index contributed by atoms with van der Waals surface area (Å²) < 4.78 is 1.93. The van der Waals surface area contributed by atoms with Crippen LogP contribution in [-0.2, 0) is 7.05 Å². The Kier molecular flexibility index (Phi) is 5.26. The lowest BCUT2D eigenvalue weighted by Gasteiger charge is -2.11. The highest BCUT2D eigenvalue weighted by Crippen LogP contribution is 2.17. The summed E-state index contributed by atoms with van der Waals surface area (Å²) in [7, 11) is 1.32. The highest BCUT2D eigenvalue weighted by molar-refractivity contribution is 6.02.